The SMILES string of the molecule is N#Cc1ccc(/C=N\O)c(OCC(F)(F)F)c1. The summed E-state index contributed by atoms with van der Waals surface area (Å²) in [5, 5.41) is 19.6. The van der Waals surface area contributed by atoms with Gasteiger partial charge in [-0.3, -0.25) is 0 Å². The topological polar surface area (TPSA) is 65.6 Å². The molecule has 1 aromatic carbocycles. The molecule has 0 aliphatic carbocycles. The Morgan fingerprint density at radius 3 is 2.71 bits per heavy atom. The predicted octanol–water partition coefficient (Wildman–Crippen LogP) is 2.31. The molecule has 90 valence electrons. The van der Waals surface area contributed by atoms with Crippen LogP contribution in [0.1, 0.15) is 11.1 Å². The number of rotatable bonds is 3. The molecular weight excluding hydrogens is 237 g/mol. The molecule has 0 aromatic heterocycles. The number of halogens is 3. The van der Waals surface area contributed by atoms with Gasteiger partial charge in [0, 0.05) is 5.56 Å². The van der Waals surface area contributed by atoms with Gasteiger partial charge in [-0.1, -0.05) is 5.16 Å². The largest absolute Gasteiger partial charge is 0.483 e. The van der Waals surface area contributed by atoms with Crippen LogP contribution in [0.25, 0.3) is 0 Å². The zero-order chi connectivity index (χ0) is 12.9. The van der Waals surface area contributed by atoms with Crippen LogP contribution in [0.2, 0.25) is 0 Å². The summed E-state index contributed by atoms with van der Waals surface area (Å²) < 4.78 is 40.4. The maximum Gasteiger partial charge on any atom is 0.422 e. The van der Waals surface area contributed by atoms with Gasteiger partial charge in [0.2, 0.25) is 0 Å². The molecule has 0 bridgehead atoms. The van der Waals surface area contributed by atoms with Crippen molar-refractivity contribution in [1.82, 2.24) is 0 Å². The second-order valence-electron chi connectivity index (χ2n) is 3.01. The molecule has 0 amide bonds. The van der Waals surface area contributed by atoms with E-state index in [1.54, 1.807) is 6.07 Å². The predicted molar refractivity (Wildman–Crippen MR) is 52.1 cm³/mol. The van der Waals surface area contributed by atoms with Gasteiger partial charge < -0.3 is 9.94 Å². The minimum absolute atomic E-state index is 0.149. The van der Waals surface area contributed by atoms with Crippen LogP contribution in [-0.4, -0.2) is 24.2 Å². The van der Waals surface area contributed by atoms with Gasteiger partial charge in [0.1, 0.15) is 5.75 Å². The Balaban J connectivity index is 2.98. The van der Waals surface area contributed by atoms with Crippen molar-refractivity contribution in [3.05, 3.63) is 29.3 Å². The van der Waals surface area contributed by atoms with Crippen LogP contribution in [0.15, 0.2) is 23.4 Å². The number of ether oxygens (including phenoxy) is 1. The van der Waals surface area contributed by atoms with Gasteiger partial charge in [-0.15, -0.1) is 0 Å². The summed E-state index contributed by atoms with van der Waals surface area (Å²) >= 11 is 0. The molecule has 4 nitrogen and oxygen atoms in total. The summed E-state index contributed by atoms with van der Waals surface area (Å²) in [5.41, 5.74) is 0.299. The first kappa shape index (κ1) is 12.8. The first-order valence-corrected chi connectivity index (χ1v) is 4.37. The lowest BCUT2D eigenvalue weighted by atomic mass is 10.1. The molecular formula is C10H7F3N2O2. The minimum Gasteiger partial charge on any atom is -0.483 e. The summed E-state index contributed by atoms with van der Waals surface area (Å²) in [6.07, 6.45) is -3.55. The van der Waals surface area contributed by atoms with Crippen LogP contribution in [0.5, 0.6) is 5.75 Å². The number of nitrogens with zero attached hydrogens (tertiary/aromatic N) is 2. The van der Waals surface area contributed by atoms with E-state index >= 15 is 0 Å². The molecule has 0 saturated carbocycles. The van der Waals surface area contributed by atoms with E-state index in [-0.39, 0.29) is 16.9 Å². The van der Waals surface area contributed by atoms with Crippen molar-refractivity contribution in [2.45, 2.75) is 6.18 Å². The molecule has 0 radical (unpaired) electrons. The summed E-state index contributed by atoms with van der Waals surface area (Å²) in [5.74, 6) is -0.167. The highest BCUT2D eigenvalue weighted by atomic mass is 19.4. The zero-order valence-corrected chi connectivity index (χ0v) is 8.40. The van der Waals surface area contributed by atoms with E-state index in [0.717, 1.165) is 12.3 Å². The molecule has 0 atom stereocenters. The maximum absolute atomic E-state index is 12.0. The number of hydrogen-bond acceptors (Lipinski definition) is 4. The summed E-state index contributed by atoms with van der Waals surface area (Å²) in [6, 6.07) is 5.60. The Morgan fingerprint density at radius 2 is 2.18 bits per heavy atom. The number of hydrogen-bond donors (Lipinski definition) is 1. The lowest BCUT2D eigenvalue weighted by molar-refractivity contribution is -0.153. The van der Waals surface area contributed by atoms with Crippen molar-refractivity contribution < 1.29 is 23.1 Å². The third-order valence-electron chi connectivity index (χ3n) is 1.73. The molecule has 0 heterocycles. The van der Waals surface area contributed by atoms with Crippen molar-refractivity contribution in [2.24, 2.45) is 5.16 Å². The number of nitriles is 1. The van der Waals surface area contributed by atoms with Crippen molar-refractivity contribution in [1.29, 1.82) is 5.26 Å². The van der Waals surface area contributed by atoms with Crippen LogP contribution >= 0.6 is 0 Å². The molecule has 0 saturated heterocycles. The summed E-state index contributed by atoms with van der Waals surface area (Å²) in [6.45, 7) is -1.48. The van der Waals surface area contributed by atoms with Crippen LogP contribution in [-0.2, 0) is 0 Å². The molecule has 1 aromatic rings. The van der Waals surface area contributed by atoms with E-state index in [4.69, 9.17) is 10.5 Å². The standard InChI is InChI=1S/C10H7F3N2O2/c11-10(12,13)6-17-9-3-7(4-14)1-2-8(9)5-15-16/h1-3,5,16H,6H2/b15-5-. The maximum atomic E-state index is 12.0. The van der Waals surface area contributed by atoms with E-state index < -0.39 is 12.8 Å². The average Bonchev–Trinajstić information content (AvgIpc) is 2.27. The fourth-order valence-electron chi connectivity index (χ4n) is 1.06. The van der Waals surface area contributed by atoms with Gasteiger partial charge in [-0.25, -0.2) is 0 Å². The normalized spacial score (nSPS) is 11.4. The Morgan fingerprint density at radius 1 is 1.47 bits per heavy atom. The molecule has 0 spiro atoms. The summed E-state index contributed by atoms with van der Waals surface area (Å²) in [4.78, 5) is 0. The number of alkyl halides is 3. The van der Waals surface area contributed by atoms with Crippen LogP contribution < -0.4 is 4.74 Å². The molecule has 0 unspecified atom stereocenters. The molecule has 17 heavy (non-hydrogen) atoms. The van der Waals surface area contributed by atoms with E-state index in [9.17, 15) is 13.2 Å². The lowest BCUT2D eigenvalue weighted by Crippen LogP contribution is -2.19. The number of benzene rings is 1. The Hall–Kier alpha value is -2.23. The highest BCUT2D eigenvalue weighted by molar-refractivity contribution is 5.83. The van der Waals surface area contributed by atoms with Crippen molar-refractivity contribution in [3.8, 4) is 11.8 Å². The van der Waals surface area contributed by atoms with Crippen LogP contribution in [0.4, 0.5) is 13.2 Å². The first-order valence-electron chi connectivity index (χ1n) is 4.37. The van der Waals surface area contributed by atoms with Crippen molar-refractivity contribution in [3.63, 3.8) is 0 Å². The molecule has 0 aliphatic rings. The molecule has 1 rings (SSSR count). The highest BCUT2D eigenvalue weighted by Crippen LogP contribution is 2.22. The van der Waals surface area contributed by atoms with E-state index in [0.29, 0.717) is 0 Å². The smallest absolute Gasteiger partial charge is 0.422 e. The lowest BCUT2D eigenvalue weighted by Gasteiger charge is -2.11. The molecule has 7 heteroatoms. The van der Waals surface area contributed by atoms with Crippen LogP contribution in [0, 0.1) is 11.3 Å². The van der Waals surface area contributed by atoms with Crippen molar-refractivity contribution >= 4 is 6.21 Å². The summed E-state index contributed by atoms with van der Waals surface area (Å²) in [7, 11) is 0. The van der Waals surface area contributed by atoms with E-state index in [1.165, 1.54) is 12.1 Å². The van der Waals surface area contributed by atoms with Gasteiger partial charge in [0.15, 0.2) is 6.61 Å². The molecule has 1 N–H and O–H groups in total. The second kappa shape index (κ2) is 5.21. The van der Waals surface area contributed by atoms with Gasteiger partial charge in [-0.2, -0.15) is 18.4 Å². The molecule has 0 aliphatic heterocycles. The minimum atomic E-state index is -4.48. The van der Waals surface area contributed by atoms with Gasteiger partial charge in [0.05, 0.1) is 17.8 Å². The van der Waals surface area contributed by atoms with Gasteiger partial charge >= 0.3 is 6.18 Å². The molecule has 0 fully saturated rings. The third-order valence-corrected chi connectivity index (χ3v) is 1.73. The quantitative estimate of drug-likeness (QED) is 0.504. The second-order valence-corrected chi connectivity index (χ2v) is 3.01. The van der Waals surface area contributed by atoms with Crippen LogP contribution in [0.3, 0.4) is 0 Å². The van der Waals surface area contributed by atoms with E-state index in [1.807, 2.05) is 0 Å². The average molecular weight is 244 g/mol. The highest BCUT2D eigenvalue weighted by Gasteiger charge is 2.28. The fourth-order valence-corrected chi connectivity index (χ4v) is 1.06. The Kier molecular flexibility index (Phi) is 3.93. The first-order chi connectivity index (χ1) is 7.96. The monoisotopic (exact) mass is 244 g/mol. The van der Waals surface area contributed by atoms with Crippen molar-refractivity contribution in [2.75, 3.05) is 6.61 Å². The Bertz CT molecular complexity index is 464. The zero-order valence-electron chi connectivity index (χ0n) is 8.40. The third kappa shape index (κ3) is 4.03. The van der Waals surface area contributed by atoms with E-state index in [2.05, 4.69) is 9.89 Å². The van der Waals surface area contributed by atoms with Gasteiger partial charge in [0.25, 0.3) is 0 Å². The Labute approximate surface area is 94.5 Å². The van der Waals surface area contributed by atoms with Gasteiger partial charge in [-0.05, 0) is 18.2 Å². The number of oxime groups is 1. The fraction of sp³-hybridized carbons (Fsp3) is 0.200.